The van der Waals surface area contributed by atoms with E-state index in [4.69, 9.17) is 8.83 Å². The maximum Gasteiger partial charge on any atom is 0.179 e. The lowest BCUT2D eigenvalue weighted by Crippen LogP contribution is -1.90. The zero-order valence-electron chi connectivity index (χ0n) is 29.8. The Morgan fingerprint density at radius 3 is 1.70 bits per heavy atom. The Labute approximate surface area is 328 Å². The summed E-state index contributed by atoms with van der Waals surface area (Å²) in [5.41, 5.74) is 10.8. The summed E-state index contributed by atoms with van der Waals surface area (Å²) in [5.74, 6) is 0. The molecule has 13 rings (SSSR count). The van der Waals surface area contributed by atoms with Crippen LogP contribution in [0, 0.1) is 0 Å². The van der Waals surface area contributed by atoms with Crippen molar-refractivity contribution in [3.8, 4) is 33.4 Å². The van der Waals surface area contributed by atoms with Crippen molar-refractivity contribution < 1.29 is 8.83 Å². The zero-order valence-corrected chi connectivity index (χ0v) is 31.4. The first-order valence-corrected chi connectivity index (χ1v) is 20.6. The summed E-state index contributed by atoms with van der Waals surface area (Å²) in [6.45, 7) is 0. The third kappa shape index (κ3) is 4.09. The number of fused-ring (bicyclic) bond motifs is 14. The van der Waals surface area contributed by atoms with E-state index in [0.717, 1.165) is 43.9 Å². The molecule has 0 amide bonds. The second kappa shape index (κ2) is 11.4. The predicted octanol–water partition coefficient (Wildman–Crippen LogP) is 16.4. The summed E-state index contributed by atoms with van der Waals surface area (Å²) in [7, 11) is 0. The van der Waals surface area contributed by atoms with Gasteiger partial charge in [0.05, 0.1) is 0 Å². The van der Waals surface area contributed by atoms with Crippen LogP contribution in [0.1, 0.15) is 0 Å². The van der Waals surface area contributed by atoms with Gasteiger partial charge in [0.1, 0.15) is 11.2 Å². The number of para-hydroxylation sites is 2. The highest BCUT2D eigenvalue weighted by Gasteiger charge is 2.25. The van der Waals surface area contributed by atoms with Crippen molar-refractivity contribution in [2.24, 2.45) is 0 Å². The zero-order chi connectivity index (χ0) is 36.5. The highest BCUT2D eigenvalue weighted by atomic mass is 32.1. The second-order valence-electron chi connectivity index (χ2n) is 14.7. The number of benzene rings is 9. The number of hydrogen-bond acceptors (Lipinski definition) is 4. The molecule has 0 unspecified atom stereocenters. The molecule has 0 saturated carbocycles. The number of rotatable bonds is 3. The molecule has 56 heavy (non-hydrogen) atoms. The average molecular weight is 749 g/mol. The van der Waals surface area contributed by atoms with Crippen LogP contribution in [0.15, 0.2) is 178 Å². The third-order valence-corrected chi connectivity index (χ3v) is 14.0. The molecule has 0 aliphatic heterocycles. The van der Waals surface area contributed by atoms with Crippen LogP contribution >= 0.6 is 22.7 Å². The van der Waals surface area contributed by atoms with Crippen LogP contribution in [0.4, 0.5) is 0 Å². The van der Waals surface area contributed by atoms with E-state index in [0.29, 0.717) is 0 Å². The van der Waals surface area contributed by atoms with Crippen LogP contribution in [0.25, 0.3) is 129 Å². The first-order valence-electron chi connectivity index (χ1n) is 18.9. The van der Waals surface area contributed by atoms with E-state index in [9.17, 15) is 0 Å². The molecule has 0 bridgehead atoms. The summed E-state index contributed by atoms with van der Waals surface area (Å²) in [6.07, 6.45) is 0. The van der Waals surface area contributed by atoms with E-state index >= 15 is 0 Å². The van der Waals surface area contributed by atoms with Crippen LogP contribution in [0.3, 0.4) is 0 Å². The Hall–Kier alpha value is -6.72. The van der Waals surface area contributed by atoms with E-state index in [-0.39, 0.29) is 0 Å². The van der Waals surface area contributed by atoms with Gasteiger partial charge in [0, 0.05) is 62.9 Å². The van der Waals surface area contributed by atoms with Crippen molar-refractivity contribution in [3.63, 3.8) is 0 Å². The summed E-state index contributed by atoms with van der Waals surface area (Å²) < 4.78 is 17.1. The minimum atomic E-state index is 0.801. The summed E-state index contributed by atoms with van der Waals surface area (Å²) in [4.78, 5) is 0. The van der Waals surface area contributed by atoms with Crippen molar-refractivity contribution in [3.05, 3.63) is 169 Å². The molecular formula is C52H28O2S2. The van der Waals surface area contributed by atoms with E-state index in [2.05, 4.69) is 151 Å². The van der Waals surface area contributed by atoms with Crippen LogP contribution in [0.2, 0.25) is 0 Å². The lowest BCUT2D eigenvalue weighted by molar-refractivity contribution is 0.633. The summed E-state index contributed by atoms with van der Waals surface area (Å²) >= 11 is 3.74. The van der Waals surface area contributed by atoms with Gasteiger partial charge in [-0.15, -0.1) is 22.7 Å². The first-order chi connectivity index (χ1) is 27.8. The molecular weight excluding hydrogens is 721 g/mol. The van der Waals surface area contributed by atoms with Crippen molar-refractivity contribution in [2.75, 3.05) is 0 Å². The normalized spacial score (nSPS) is 12.3. The Kier molecular flexibility index (Phi) is 6.23. The van der Waals surface area contributed by atoms with Crippen LogP contribution in [-0.2, 0) is 0 Å². The minimum Gasteiger partial charge on any atom is -0.452 e. The molecule has 0 radical (unpaired) electrons. The van der Waals surface area contributed by atoms with Crippen LogP contribution in [0.5, 0.6) is 0 Å². The highest BCUT2D eigenvalue weighted by molar-refractivity contribution is 7.28. The van der Waals surface area contributed by atoms with Crippen LogP contribution in [-0.4, -0.2) is 0 Å². The van der Waals surface area contributed by atoms with Crippen molar-refractivity contribution in [2.45, 2.75) is 0 Å². The Bertz CT molecular complexity index is 3710. The SMILES string of the molecule is c1ccc(-c2c3ccccc3c(-c3cccc4c3sc3c4ccc4scc(-c5cc6c7ccccc7oc6c6oc7ccccc7c56)c43)c3ccccc23)cc1. The maximum atomic E-state index is 6.67. The molecule has 0 saturated heterocycles. The lowest BCUT2D eigenvalue weighted by atomic mass is 9.86. The molecule has 4 heterocycles. The smallest absolute Gasteiger partial charge is 0.179 e. The minimum absolute atomic E-state index is 0.801. The summed E-state index contributed by atoms with van der Waals surface area (Å²) in [5, 5.41) is 15.7. The Balaban J connectivity index is 1.14. The number of thiophene rings is 2. The highest BCUT2D eigenvalue weighted by Crippen LogP contribution is 2.52. The number of hydrogen-bond donors (Lipinski definition) is 0. The monoisotopic (exact) mass is 748 g/mol. The van der Waals surface area contributed by atoms with E-state index < -0.39 is 0 Å². The van der Waals surface area contributed by atoms with Gasteiger partial charge in [-0.1, -0.05) is 140 Å². The molecule has 4 heteroatoms. The number of furan rings is 2. The fourth-order valence-electron chi connectivity index (χ4n) is 9.39. The second-order valence-corrected chi connectivity index (χ2v) is 16.6. The van der Waals surface area contributed by atoms with E-state index in [1.807, 2.05) is 40.9 Å². The standard InChI is InChI=1S/C52H28O2S2/c1-2-13-29(14-3-1)45-31-16-4-6-18-33(31)46(34-19-7-5-17-32(34)45)38-22-12-21-35-36-25-26-44-48(52(36)56-51(35)38)41(28-55-44)39-27-40-30-15-8-10-23-42(30)53-49(40)50-47(39)37-20-9-11-24-43(37)54-50/h1-28H. The molecule has 2 nitrogen and oxygen atoms in total. The van der Waals surface area contributed by atoms with Gasteiger partial charge in [0.25, 0.3) is 0 Å². The largest absolute Gasteiger partial charge is 0.452 e. The van der Waals surface area contributed by atoms with Gasteiger partial charge in [-0.05, 0) is 73.4 Å². The molecule has 0 spiro atoms. The fraction of sp³-hybridized carbons (Fsp3) is 0. The molecule has 4 aromatic heterocycles. The van der Waals surface area contributed by atoms with Gasteiger partial charge in [-0.3, -0.25) is 0 Å². The lowest BCUT2D eigenvalue weighted by Gasteiger charge is -2.18. The first kappa shape index (κ1) is 30.6. The Morgan fingerprint density at radius 1 is 0.357 bits per heavy atom. The maximum absolute atomic E-state index is 6.67. The molecule has 0 atom stereocenters. The van der Waals surface area contributed by atoms with Crippen molar-refractivity contribution in [1.82, 2.24) is 0 Å². The van der Waals surface area contributed by atoms with Gasteiger partial charge in [0.2, 0.25) is 0 Å². The van der Waals surface area contributed by atoms with Crippen LogP contribution < -0.4 is 0 Å². The fourth-order valence-corrected chi connectivity index (χ4v) is 11.8. The Morgan fingerprint density at radius 2 is 0.946 bits per heavy atom. The predicted molar refractivity (Wildman–Crippen MR) is 241 cm³/mol. The van der Waals surface area contributed by atoms with Crippen molar-refractivity contribution in [1.29, 1.82) is 0 Å². The van der Waals surface area contributed by atoms with Gasteiger partial charge in [0.15, 0.2) is 11.2 Å². The van der Waals surface area contributed by atoms with Gasteiger partial charge in [-0.25, -0.2) is 0 Å². The topological polar surface area (TPSA) is 26.3 Å². The summed E-state index contributed by atoms with van der Waals surface area (Å²) in [6, 6.07) is 59.3. The molecule has 260 valence electrons. The van der Waals surface area contributed by atoms with Gasteiger partial charge >= 0.3 is 0 Å². The van der Waals surface area contributed by atoms with E-state index in [1.54, 1.807) is 0 Å². The van der Waals surface area contributed by atoms with Gasteiger partial charge < -0.3 is 8.83 Å². The molecule has 9 aromatic carbocycles. The quantitative estimate of drug-likeness (QED) is 0.168. The average Bonchev–Trinajstić information content (AvgIpc) is 4.04. The molecule has 0 N–H and O–H groups in total. The molecule has 13 aromatic rings. The molecule has 0 fully saturated rings. The third-order valence-electron chi connectivity index (χ3n) is 11.7. The van der Waals surface area contributed by atoms with E-state index in [1.165, 1.54) is 85.2 Å². The van der Waals surface area contributed by atoms with Crippen molar-refractivity contribution >= 4 is 118 Å². The van der Waals surface area contributed by atoms with Gasteiger partial charge in [-0.2, -0.15) is 0 Å². The molecule has 0 aliphatic carbocycles. The molecule has 0 aliphatic rings.